The number of carbonyl (C=O) groups excluding carboxylic acids is 3. The van der Waals surface area contributed by atoms with Crippen molar-refractivity contribution >= 4 is 35.3 Å². The number of imide groups is 2. The fraction of sp³-hybridized carbons (Fsp3) is 0.0800. The number of nitrogens with zero attached hydrogens (tertiary/aromatic N) is 2. The molecular formula is C25H19N3O8. The van der Waals surface area contributed by atoms with Gasteiger partial charge in [0.05, 0.1) is 17.7 Å². The minimum atomic E-state index is -0.907. The summed E-state index contributed by atoms with van der Waals surface area (Å²) >= 11 is 0. The number of ether oxygens (including phenoxy) is 2. The normalized spacial score (nSPS) is 14.5. The number of amides is 4. The van der Waals surface area contributed by atoms with Crippen molar-refractivity contribution in [2.45, 2.75) is 6.61 Å². The summed E-state index contributed by atoms with van der Waals surface area (Å²) in [5.41, 5.74) is 0.848. The zero-order valence-corrected chi connectivity index (χ0v) is 18.8. The second-order valence-electron chi connectivity index (χ2n) is 7.60. The Morgan fingerprint density at radius 3 is 2.47 bits per heavy atom. The molecule has 1 saturated heterocycles. The second kappa shape index (κ2) is 9.97. The minimum absolute atomic E-state index is 0.0447. The van der Waals surface area contributed by atoms with Gasteiger partial charge in [0.25, 0.3) is 17.5 Å². The third-order valence-corrected chi connectivity index (χ3v) is 5.22. The van der Waals surface area contributed by atoms with Crippen molar-refractivity contribution in [3.63, 3.8) is 0 Å². The van der Waals surface area contributed by atoms with Gasteiger partial charge in [-0.05, 0) is 53.6 Å². The first-order valence-corrected chi connectivity index (χ1v) is 10.5. The van der Waals surface area contributed by atoms with Crippen LogP contribution in [0.4, 0.5) is 16.2 Å². The highest BCUT2D eigenvalue weighted by Crippen LogP contribution is 2.31. The molecule has 1 fully saturated rings. The van der Waals surface area contributed by atoms with E-state index in [9.17, 15) is 29.6 Å². The second-order valence-corrected chi connectivity index (χ2v) is 7.60. The number of methoxy groups -OCH3 is 1. The number of benzene rings is 3. The molecule has 36 heavy (non-hydrogen) atoms. The molecule has 182 valence electrons. The van der Waals surface area contributed by atoms with Crippen LogP contribution in [0.15, 0.2) is 72.3 Å². The van der Waals surface area contributed by atoms with Gasteiger partial charge in [0.1, 0.15) is 17.9 Å². The Morgan fingerprint density at radius 2 is 1.78 bits per heavy atom. The minimum Gasteiger partial charge on any atom is -0.508 e. The van der Waals surface area contributed by atoms with Crippen molar-refractivity contribution in [3.8, 4) is 17.2 Å². The average Bonchev–Trinajstić information content (AvgIpc) is 2.86. The number of carbonyl (C=O) groups is 3. The molecule has 1 aliphatic rings. The molecule has 3 aromatic rings. The van der Waals surface area contributed by atoms with Gasteiger partial charge in [0, 0.05) is 12.1 Å². The van der Waals surface area contributed by atoms with Crippen LogP contribution < -0.4 is 19.7 Å². The van der Waals surface area contributed by atoms with Gasteiger partial charge in [-0.15, -0.1) is 0 Å². The van der Waals surface area contributed by atoms with Crippen LogP contribution >= 0.6 is 0 Å². The van der Waals surface area contributed by atoms with E-state index in [0.29, 0.717) is 22.6 Å². The standard InChI is InChI=1S/C25H19N3O8/c1-35-22-13-15(5-10-21(22)36-14-16-3-2-4-18(11-16)28(33)34)12-20-23(30)26-25(32)27(24(20)31)17-6-8-19(29)9-7-17/h2-13,29H,14H2,1H3,(H,26,30,32)/b20-12+. The van der Waals surface area contributed by atoms with E-state index >= 15 is 0 Å². The lowest BCUT2D eigenvalue weighted by molar-refractivity contribution is -0.384. The largest absolute Gasteiger partial charge is 0.508 e. The van der Waals surface area contributed by atoms with Crippen molar-refractivity contribution in [2.75, 3.05) is 12.0 Å². The van der Waals surface area contributed by atoms with E-state index < -0.39 is 22.8 Å². The molecule has 0 bridgehead atoms. The maximum absolute atomic E-state index is 13.0. The Balaban J connectivity index is 1.57. The first-order valence-electron chi connectivity index (χ1n) is 10.5. The van der Waals surface area contributed by atoms with Crippen LogP contribution in [0.1, 0.15) is 11.1 Å². The molecule has 4 rings (SSSR count). The van der Waals surface area contributed by atoms with E-state index in [1.165, 1.54) is 55.7 Å². The van der Waals surface area contributed by atoms with Gasteiger partial charge in [-0.1, -0.05) is 18.2 Å². The lowest BCUT2D eigenvalue weighted by Crippen LogP contribution is -2.54. The molecule has 0 aliphatic carbocycles. The summed E-state index contributed by atoms with van der Waals surface area (Å²) < 4.78 is 11.1. The molecule has 0 saturated carbocycles. The first-order chi connectivity index (χ1) is 17.3. The highest BCUT2D eigenvalue weighted by Gasteiger charge is 2.36. The van der Waals surface area contributed by atoms with Crippen LogP contribution in [-0.2, 0) is 16.2 Å². The number of phenolic OH excluding ortho intramolecular Hbond substituents is 1. The van der Waals surface area contributed by atoms with Crippen LogP contribution in [0.25, 0.3) is 6.08 Å². The highest BCUT2D eigenvalue weighted by atomic mass is 16.6. The van der Waals surface area contributed by atoms with E-state index in [1.54, 1.807) is 24.3 Å². The third kappa shape index (κ3) is 4.99. The SMILES string of the molecule is COc1cc(/C=C2\C(=O)NC(=O)N(c3ccc(O)cc3)C2=O)ccc1OCc1cccc([N+](=O)[O-])c1. The number of aromatic hydroxyl groups is 1. The summed E-state index contributed by atoms with van der Waals surface area (Å²) in [5.74, 6) is -1.10. The fourth-order valence-corrected chi connectivity index (χ4v) is 3.47. The first kappa shape index (κ1) is 24.0. The number of phenols is 1. The van der Waals surface area contributed by atoms with Gasteiger partial charge in [-0.25, -0.2) is 9.69 Å². The monoisotopic (exact) mass is 489 g/mol. The van der Waals surface area contributed by atoms with Crippen molar-refractivity contribution in [3.05, 3.63) is 93.5 Å². The smallest absolute Gasteiger partial charge is 0.335 e. The van der Waals surface area contributed by atoms with Crippen LogP contribution in [0.3, 0.4) is 0 Å². The fourth-order valence-electron chi connectivity index (χ4n) is 3.47. The predicted molar refractivity (Wildman–Crippen MR) is 128 cm³/mol. The predicted octanol–water partition coefficient (Wildman–Crippen LogP) is 3.55. The highest BCUT2D eigenvalue weighted by molar-refractivity contribution is 6.39. The molecular weight excluding hydrogens is 470 g/mol. The zero-order valence-electron chi connectivity index (χ0n) is 18.8. The molecule has 3 aromatic carbocycles. The average molecular weight is 489 g/mol. The van der Waals surface area contributed by atoms with Gasteiger partial charge in [0.2, 0.25) is 0 Å². The molecule has 0 radical (unpaired) electrons. The number of nitrogens with one attached hydrogen (secondary N) is 1. The quantitative estimate of drug-likeness (QED) is 0.222. The topological polar surface area (TPSA) is 148 Å². The molecule has 1 aliphatic heterocycles. The molecule has 0 unspecified atom stereocenters. The maximum Gasteiger partial charge on any atom is 0.335 e. The summed E-state index contributed by atoms with van der Waals surface area (Å²) in [6.07, 6.45) is 1.31. The number of hydrogen-bond donors (Lipinski definition) is 2. The van der Waals surface area contributed by atoms with Gasteiger partial charge < -0.3 is 14.6 Å². The maximum atomic E-state index is 13.0. The molecule has 11 heteroatoms. The van der Waals surface area contributed by atoms with Gasteiger partial charge in [0.15, 0.2) is 11.5 Å². The molecule has 1 heterocycles. The Labute approximate surface area is 204 Å². The number of anilines is 1. The number of hydrogen-bond acceptors (Lipinski definition) is 8. The van der Waals surface area contributed by atoms with E-state index in [1.807, 2.05) is 0 Å². The molecule has 2 N–H and O–H groups in total. The van der Waals surface area contributed by atoms with Gasteiger partial charge in [-0.3, -0.25) is 25.0 Å². The Hall–Kier alpha value is -5.19. The van der Waals surface area contributed by atoms with Gasteiger partial charge >= 0.3 is 6.03 Å². The van der Waals surface area contributed by atoms with Gasteiger partial charge in [-0.2, -0.15) is 0 Å². The lowest BCUT2D eigenvalue weighted by Gasteiger charge is -2.26. The molecule has 0 spiro atoms. The van der Waals surface area contributed by atoms with E-state index in [4.69, 9.17) is 9.47 Å². The molecule has 0 aromatic heterocycles. The van der Waals surface area contributed by atoms with E-state index in [-0.39, 0.29) is 29.3 Å². The van der Waals surface area contributed by atoms with Crippen molar-refractivity contribution < 1.29 is 33.9 Å². The number of urea groups is 1. The number of non-ortho nitro benzene ring substituents is 1. The third-order valence-electron chi connectivity index (χ3n) is 5.22. The molecule has 0 atom stereocenters. The Morgan fingerprint density at radius 1 is 1.03 bits per heavy atom. The summed E-state index contributed by atoms with van der Waals surface area (Å²) in [7, 11) is 1.41. The van der Waals surface area contributed by atoms with E-state index in [0.717, 1.165) is 4.90 Å². The molecule has 4 amide bonds. The summed E-state index contributed by atoms with van der Waals surface area (Å²) in [4.78, 5) is 49.0. The van der Waals surface area contributed by atoms with Crippen molar-refractivity contribution in [1.29, 1.82) is 0 Å². The number of nitro groups is 1. The number of nitro benzene ring substituents is 1. The number of rotatable bonds is 7. The van der Waals surface area contributed by atoms with E-state index in [2.05, 4.69) is 5.32 Å². The lowest BCUT2D eigenvalue weighted by atomic mass is 10.1. The Kier molecular flexibility index (Phi) is 6.63. The zero-order chi connectivity index (χ0) is 25.8. The summed E-state index contributed by atoms with van der Waals surface area (Å²) in [5, 5.41) is 22.6. The van der Waals surface area contributed by atoms with Crippen molar-refractivity contribution in [2.24, 2.45) is 0 Å². The van der Waals surface area contributed by atoms with Crippen LogP contribution in [-0.4, -0.2) is 35.0 Å². The Bertz CT molecular complexity index is 1400. The summed E-state index contributed by atoms with van der Waals surface area (Å²) in [6.45, 7) is 0.0447. The van der Waals surface area contributed by atoms with Crippen molar-refractivity contribution in [1.82, 2.24) is 5.32 Å². The van der Waals surface area contributed by atoms with Crippen LogP contribution in [0.5, 0.6) is 17.2 Å². The van der Waals surface area contributed by atoms with Crippen LogP contribution in [0, 0.1) is 10.1 Å². The number of barbiturate groups is 1. The molecule has 11 nitrogen and oxygen atoms in total. The van der Waals surface area contributed by atoms with Crippen LogP contribution in [0.2, 0.25) is 0 Å². The summed E-state index contributed by atoms with van der Waals surface area (Å²) in [6, 6.07) is 15.2.